The van der Waals surface area contributed by atoms with Crippen LogP contribution in [0.1, 0.15) is 11.1 Å². The third-order valence-electron chi connectivity index (χ3n) is 3.36. The first-order valence-corrected chi connectivity index (χ1v) is 7.41. The molecule has 20 heavy (non-hydrogen) atoms. The molecule has 1 heterocycles. The summed E-state index contributed by atoms with van der Waals surface area (Å²) in [5.74, 6) is 0.891. The van der Waals surface area contributed by atoms with Crippen LogP contribution >= 0.6 is 15.9 Å². The molecule has 0 saturated carbocycles. The summed E-state index contributed by atoms with van der Waals surface area (Å²) in [6.45, 7) is 0. The fraction of sp³-hybridized carbons (Fsp3) is 0.312. The highest BCUT2D eigenvalue weighted by atomic mass is 79.9. The summed E-state index contributed by atoms with van der Waals surface area (Å²) in [6.07, 6.45) is 5.59. The zero-order valence-corrected chi connectivity index (χ0v) is 13.4. The molecule has 2 rings (SSSR count). The van der Waals surface area contributed by atoms with Gasteiger partial charge in [-0.2, -0.15) is 0 Å². The molecule has 1 aromatic carbocycles. The average Bonchev–Trinajstić information content (AvgIpc) is 2.49. The van der Waals surface area contributed by atoms with Crippen LogP contribution in [0, 0.1) is 0 Å². The Labute approximate surface area is 128 Å². The van der Waals surface area contributed by atoms with E-state index in [4.69, 9.17) is 4.74 Å². The van der Waals surface area contributed by atoms with Crippen LogP contribution in [0.4, 0.5) is 0 Å². The fourth-order valence-corrected chi connectivity index (χ4v) is 2.59. The van der Waals surface area contributed by atoms with Gasteiger partial charge in [0.25, 0.3) is 0 Å². The van der Waals surface area contributed by atoms with Gasteiger partial charge in [0.2, 0.25) is 0 Å². The summed E-state index contributed by atoms with van der Waals surface area (Å²) < 4.78 is 6.41. The lowest BCUT2D eigenvalue weighted by molar-refractivity contribution is 0.413. The molecule has 1 atom stereocenters. The molecule has 4 heteroatoms. The molecule has 0 aliphatic heterocycles. The van der Waals surface area contributed by atoms with Crippen molar-refractivity contribution in [3.8, 4) is 5.75 Å². The number of nitrogens with one attached hydrogen (secondary N) is 1. The third kappa shape index (κ3) is 4.05. The van der Waals surface area contributed by atoms with Gasteiger partial charge in [-0.25, -0.2) is 0 Å². The van der Waals surface area contributed by atoms with E-state index >= 15 is 0 Å². The van der Waals surface area contributed by atoms with Crippen LogP contribution in [0.25, 0.3) is 0 Å². The van der Waals surface area contributed by atoms with E-state index in [1.54, 1.807) is 7.11 Å². The van der Waals surface area contributed by atoms with Crippen LogP contribution in [-0.4, -0.2) is 25.2 Å². The monoisotopic (exact) mass is 334 g/mol. The molecule has 0 bridgehead atoms. The lowest BCUT2D eigenvalue weighted by Crippen LogP contribution is -2.30. The quantitative estimate of drug-likeness (QED) is 0.880. The Kier molecular flexibility index (Phi) is 5.56. The van der Waals surface area contributed by atoms with Crippen LogP contribution < -0.4 is 10.1 Å². The molecule has 0 aliphatic carbocycles. The predicted molar refractivity (Wildman–Crippen MR) is 85.2 cm³/mol. The maximum absolute atomic E-state index is 5.29. The molecule has 1 aromatic heterocycles. The smallest absolute Gasteiger partial charge is 0.119 e. The molecule has 1 N–H and O–H groups in total. The number of ether oxygens (including phenoxy) is 1. The topological polar surface area (TPSA) is 34.2 Å². The fourth-order valence-electron chi connectivity index (χ4n) is 2.18. The Hall–Kier alpha value is -1.39. The minimum absolute atomic E-state index is 0.376. The van der Waals surface area contributed by atoms with E-state index in [0.29, 0.717) is 6.04 Å². The van der Waals surface area contributed by atoms with Gasteiger partial charge < -0.3 is 10.1 Å². The van der Waals surface area contributed by atoms with Crippen molar-refractivity contribution < 1.29 is 4.74 Å². The van der Waals surface area contributed by atoms with Crippen molar-refractivity contribution in [2.24, 2.45) is 0 Å². The molecule has 106 valence electrons. The number of halogens is 1. The second-order valence-corrected chi connectivity index (χ2v) is 5.56. The second kappa shape index (κ2) is 7.41. The number of methoxy groups -OCH3 is 1. The number of rotatable bonds is 6. The first kappa shape index (κ1) is 15.0. The molecule has 2 aromatic rings. The van der Waals surface area contributed by atoms with Crippen molar-refractivity contribution in [1.82, 2.24) is 10.3 Å². The first-order valence-electron chi connectivity index (χ1n) is 6.61. The summed E-state index contributed by atoms with van der Waals surface area (Å²) in [7, 11) is 3.69. The van der Waals surface area contributed by atoms with Crippen molar-refractivity contribution in [1.29, 1.82) is 0 Å². The summed E-state index contributed by atoms with van der Waals surface area (Å²) >= 11 is 3.61. The second-order valence-electron chi connectivity index (χ2n) is 4.71. The van der Waals surface area contributed by atoms with Gasteiger partial charge in [0.1, 0.15) is 5.75 Å². The van der Waals surface area contributed by atoms with E-state index in [1.165, 1.54) is 11.1 Å². The molecule has 3 nitrogen and oxygen atoms in total. The molecule has 0 amide bonds. The third-order valence-corrected chi connectivity index (χ3v) is 4.13. The minimum Gasteiger partial charge on any atom is -0.497 e. The van der Waals surface area contributed by atoms with Crippen LogP contribution in [-0.2, 0) is 12.8 Å². The molecule has 0 fully saturated rings. The van der Waals surface area contributed by atoms with E-state index in [2.05, 4.69) is 44.4 Å². The van der Waals surface area contributed by atoms with Gasteiger partial charge in [-0.1, -0.05) is 15.9 Å². The summed E-state index contributed by atoms with van der Waals surface area (Å²) in [5.41, 5.74) is 2.54. The summed E-state index contributed by atoms with van der Waals surface area (Å²) in [6, 6.07) is 10.6. The van der Waals surface area contributed by atoms with Crippen LogP contribution in [0.2, 0.25) is 0 Å². The van der Waals surface area contributed by atoms with E-state index in [0.717, 1.165) is 23.1 Å². The van der Waals surface area contributed by atoms with Crippen LogP contribution in [0.5, 0.6) is 5.75 Å². The lowest BCUT2D eigenvalue weighted by Gasteiger charge is -2.17. The predicted octanol–water partition coefficient (Wildman–Crippen LogP) is 3.23. The van der Waals surface area contributed by atoms with E-state index in [9.17, 15) is 0 Å². The molecular formula is C16H19BrN2O. The number of pyridine rings is 1. The molecule has 0 spiro atoms. The number of likely N-dealkylation sites (N-methyl/N-ethyl adjacent to an activating group) is 1. The number of nitrogens with zero attached hydrogens (tertiary/aromatic N) is 1. The van der Waals surface area contributed by atoms with Crippen molar-refractivity contribution in [3.05, 3.63) is 58.3 Å². The van der Waals surface area contributed by atoms with Gasteiger partial charge in [-0.3, -0.25) is 4.98 Å². The molecule has 0 saturated heterocycles. The average molecular weight is 335 g/mol. The Balaban J connectivity index is 2.10. The molecule has 0 radical (unpaired) electrons. The van der Waals surface area contributed by atoms with Crippen molar-refractivity contribution in [2.45, 2.75) is 18.9 Å². The zero-order chi connectivity index (χ0) is 14.4. The molecule has 0 aliphatic rings. The van der Waals surface area contributed by atoms with E-state index in [-0.39, 0.29) is 0 Å². The highest BCUT2D eigenvalue weighted by Gasteiger charge is 2.11. The Morgan fingerprint density at radius 1 is 1.20 bits per heavy atom. The SMILES string of the molecule is CNC(Cc1ccncc1)Cc1cc(OC)ccc1Br. The lowest BCUT2D eigenvalue weighted by atomic mass is 9.99. The van der Waals surface area contributed by atoms with Crippen molar-refractivity contribution >= 4 is 15.9 Å². The van der Waals surface area contributed by atoms with Gasteiger partial charge in [0.05, 0.1) is 7.11 Å². The van der Waals surface area contributed by atoms with Gasteiger partial charge in [-0.05, 0) is 61.3 Å². The maximum Gasteiger partial charge on any atom is 0.119 e. The van der Waals surface area contributed by atoms with E-state index < -0.39 is 0 Å². The highest BCUT2D eigenvalue weighted by Crippen LogP contribution is 2.24. The number of aromatic nitrogens is 1. The van der Waals surface area contributed by atoms with Gasteiger partial charge in [0, 0.05) is 22.9 Å². The summed E-state index contributed by atoms with van der Waals surface area (Å²) in [4.78, 5) is 4.05. The summed E-state index contributed by atoms with van der Waals surface area (Å²) in [5, 5.41) is 3.38. The maximum atomic E-state index is 5.29. The molecule has 1 unspecified atom stereocenters. The highest BCUT2D eigenvalue weighted by molar-refractivity contribution is 9.10. The van der Waals surface area contributed by atoms with Gasteiger partial charge in [0.15, 0.2) is 0 Å². The van der Waals surface area contributed by atoms with Crippen LogP contribution in [0.15, 0.2) is 47.2 Å². The Morgan fingerprint density at radius 2 is 1.95 bits per heavy atom. The largest absolute Gasteiger partial charge is 0.497 e. The van der Waals surface area contributed by atoms with Crippen LogP contribution in [0.3, 0.4) is 0 Å². The minimum atomic E-state index is 0.376. The normalized spacial score (nSPS) is 12.2. The van der Waals surface area contributed by atoms with E-state index in [1.807, 2.05) is 31.6 Å². The van der Waals surface area contributed by atoms with Crippen molar-refractivity contribution in [3.63, 3.8) is 0 Å². The van der Waals surface area contributed by atoms with Crippen molar-refractivity contribution in [2.75, 3.05) is 14.2 Å². The van der Waals surface area contributed by atoms with Gasteiger partial charge in [-0.15, -0.1) is 0 Å². The molecular weight excluding hydrogens is 316 g/mol. The van der Waals surface area contributed by atoms with Gasteiger partial charge >= 0.3 is 0 Å². The Morgan fingerprint density at radius 3 is 2.60 bits per heavy atom. The Bertz CT molecular complexity index is 545. The zero-order valence-electron chi connectivity index (χ0n) is 11.8. The number of benzene rings is 1. The standard InChI is InChI=1S/C16H19BrN2O/c1-18-14(9-12-5-7-19-8-6-12)10-13-11-15(20-2)3-4-16(13)17/h3-8,11,14,18H,9-10H2,1-2H3. The first-order chi connectivity index (χ1) is 9.72. The number of hydrogen-bond acceptors (Lipinski definition) is 3. The number of hydrogen-bond donors (Lipinski definition) is 1.